The Morgan fingerprint density at radius 2 is 1.52 bits per heavy atom. The van der Waals surface area contributed by atoms with Gasteiger partial charge in [-0.1, -0.05) is 91.9 Å². The molecule has 0 aliphatic carbocycles. The Hall–Kier alpha value is -1.06. The predicted molar refractivity (Wildman–Crippen MR) is 102 cm³/mol. The number of rotatable bonds is 13. The smallest absolute Gasteiger partial charge is 0.416 e. The lowest BCUT2D eigenvalue weighted by Crippen LogP contribution is -2.44. The Labute approximate surface area is 154 Å². The van der Waals surface area contributed by atoms with Gasteiger partial charge in [-0.25, -0.2) is 9.69 Å². The molecule has 1 saturated heterocycles. The lowest BCUT2D eigenvalue weighted by molar-refractivity contribution is -0.133. The molecule has 0 spiro atoms. The molecule has 0 aromatic rings. The standard InChI is InChI=1S/C21H39NO3/c1-5-6-7-8-9-10-11-12-13-14-15-18(4)20(23)22-19(17(2)3)16-25-21(22)24/h17-19H,5-16H2,1-4H3/t18-,19+/m0/s1. The largest absolute Gasteiger partial charge is 0.447 e. The Bertz CT molecular complexity index is 395. The highest BCUT2D eigenvalue weighted by atomic mass is 16.6. The molecule has 0 aromatic heterocycles. The van der Waals surface area contributed by atoms with Crippen LogP contribution in [0.5, 0.6) is 0 Å². The molecule has 1 heterocycles. The third-order valence-electron chi connectivity index (χ3n) is 5.33. The van der Waals surface area contributed by atoms with E-state index in [9.17, 15) is 9.59 Å². The first-order chi connectivity index (χ1) is 12.0. The van der Waals surface area contributed by atoms with Crippen molar-refractivity contribution >= 4 is 12.0 Å². The number of cyclic esters (lactones) is 1. The summed E-state index contributed by atoms with van der Waals surface area (Å²) in [7, 11) is 0. The van der Waals surface area contributed by atoms with Crippen molar-refractivity contribution in [2.45, 2.75) is 104 Å². The van der Waals surface area contributed by atoms with E-state index in [4.69, 9.17) is 4.74 Å². The summed E-state index contributed by atoms with van der Waals surface area (Å²) in [5.41, 5.74) is 0. The molecule has 0 bridgehead atoms. The van der Waals surface area contributed by atoms with Crippen LogP contribution in [-0.2, 0) is 9.53 Å². The van der Waals surface area contributed by atoms with E-state index in [2.05, 4.69) is 6.92 Å². The number of hydrogen-bond acceptors (Lipinski definition) is 3. The fourth-order valence-electron chi connectivity index (χ4n) is 3.48. The van der Waals surface area contributed by atoms with Crippen LogP contribution in [0.3, 0.4) is 0 Å². The van der Waals surface area contributed by atoms with E-state index in [-0.39, 0.29) is 23.8 Å². The molecule has 1 aliphatic heterocycles. The van der Waals surface area contributed by atoms with Crippen LogP contribution in [-0.4, -0.2) is 29.5 Å². The normalized spacial score (nSPS) is 18.7. The summed E-state index contributed by atoms with van der Waals surface area (Å²) in [5, 5.41) is 0. The summed E-state index contributed by atoms with van der Waals surface area (Å²) in [4.78, 5) is 25.8. The van der Waals surface area contributed by atoms with Crippen LogP contribution in [0.15, 0.2) is 0 Å². The zero-order valence-corrected chi connectivity index (χ0v) is 16.9. The molecule has 4 nitrogen and oxygen atoms in total. The quantitative estimate of drug-likeness (QED) is 0.385. The SMILES string of the molecule is CCCCCCCCCCCC[C@H](C)C(=O)N1C(=O)OC[C@@H]1C(C)C. The second-order valence-corrected chi connectivity index (χ2v) is 7.97. The molecule has 1 aliphatic rings. The van der Waals surface area contributed by atoms with Crippen LogP contribution in [0.2, 0.25) is 0 Å². The Morgan fingerprint density at radius 1 is 1.00 bits per heavy atom. The third kappa shape index (κ3) is 7.79. The number of unbranched alkanes of at least 4 members (excludes halogenated alkanes) is 9. The molecule has 0 N–H and O–H groups in total. The van der Waals surface area contributed by atoms with Crippen LogP contribution < -0.4 is 0 Å². The number of hydrogen-bond donors (Lipinski definition) is 0. The maximum Gasteiger partial charge on any atom is 0.416 e. The van der Waals surface area contributed by atoms with Gasteiger partial charge in [-0.3, -0.25) is 4.79 Å². The van der Waals surface area contributed by atoms with Crippen molar-refractivity contribution in [3.05, 3.63) is 0 Å². The monoisotopic (exact) mass is 353 g/mol. The van der Waals surface area contributed by atoms with Gasteiger partial charge in [-0.15, -0.1) is 0 Å². The first-order valence-corrected chi connectivity index (χ1v) is 10.5. The van der Waals surface area contributed by atoms with Crippen molar-refractivity contribution in [1.29, 1.82) is 0 Å². The molecule has 0 saturated carbocycles. The highest BCUT2D eigenvalue weighted by Crippen LogP contribution is 2.24. The summed E-state index contributed by atoms with van der Waals surface area (Å²) in [6.07, 6.45) is 13.4. The summed E-state index contributed by atoms with van der Waals surface area (Å²) in [6, 6.07) is -0.102. The minimum absolute atomic E-state index is 0.0582. The van der Waals surface area contributed by atoms with Crippen molar-refractivity contribution in [3.8, 4) is 0 Å². The van der Waals surface area contributed by atoms with Gasteiger partial charge < -0.3 is 4.74 Å². The Kier molecular flexibility index (Phi) is 10.8. The molecule has 0 unspecified atom stereocenters. The predicted octanol–water partition coefficient (Wildman–Crippen LogP) is 5.94. The van der Waals surface area contributed by atoms with Gasteiger partial charge in [0.05, 0.1) is 6.04 Å². The highest BCUT2D eigenvalue weighted by Gasteiger charge is 2.40. The average Bonchev–Trinajstić information content (AvgIpc) is 2.97. The van der Waals surface area contributed by atoms with Crippen molar-refractivity contribution < 1.29 is 14.3 Å². The molecule has 25 heavy (non-hydrogen) atoms. The van der Waals surface area contributed by atoms with Gasteiger partial charge >= 0.3 is 6.09 Å². The van der Waals surface area contributed by atoms with Gasteiger partial charge in [0, 0.05) is 5.92 Å². The summed E-state index contributed by atoms with van der Waals surface area (Å²) >= 11 is 0. The van der Waals surface area contributed by atoms with E-state index in [1.807, 2.05) is 20.8 Å². The van der Waals surface area contributed by atoms with E-state index in [0.29, 0.717) is 6.61 Å². The average molecular weight is 354 g/mol. The Morgan fingerprint density at radius 3 is 2.04 bits per heavy atom. The summed E-state index contributed by atoms with van der Waals surface area (Å²) in [5.74, 6) is 0.0815. The van der Waals surface area contributed by atoms with Crippen LogP contribution in [0.1, 0.15) is 98.3 Å². The fraction of sp³-hybridized carbons (Fsp3) is 0.905. The number of amides is 2. The summed E-state index contributed by atoms with van der Waals surface area (Å²) in [6.45, 7) is 8.59. The maximum absolute atomic E-state index is 12.6. The fourth-order valence-corrected chi connectivity index (χ4v) is 3.48. The van der Waals surface area contributed by atoms with Gasteiger partial charge in [0.15, 0.2) is 0 Å². The maximum atomic E-state index is 12.6. The topological polar surface area (TPSA) is 46.6 Å². The minimum Gasteiger partial charge on any atom is -0.447 e. The molecule has 1 fully saturated rings. The van der Waals surface area contributed by atoms with Gasteiger partial charge in [0.1, 0.15) is 6.61 Å². The number of carbonyl (C=O) groups excluding carboxylic acids is 2. The zero-order chi connectivity index (χ0) is 18.7. The molecule has 146 valence electrons. The van der Waals surface area contributed by atoms with Crippen LogP contribution in [0.4, 0.5) is 4.79 Å². The van der Waals surface area contributed by atoms with E-state index in [1.165, 1.54) is 62.7 Å². The highest BCUT2D eigenvalue weighted by molar-refractivity contribution is 5.94. The van der Waals surface area contributed by atoms with E-state index in [1.54, 1.807) is 0 Å². The van der Waals surface area contributed by atoms with Gasteiger partial charge in [-0.05, 0) is 12.3 Å². The molecular formula is C21H39NO3. The van der Waals surface area contributed by atoms with Crippen LogP contribution in [0, 0.1) is 11.8 Å². The summed E-state index contributed by atoms with van der Waals surface area (Å²) < 4.78 is 5.08. The molecule has 4 heteroatoms. The number of nitrogens with zero attached hydrogens (tertiary/aromatic N) is 1. The first kappa shape index (κ1) is 22.0. The van der Waals surface area contributed by atoms with Crippen molar-refractivity contribution in [2.24, 2.45) is 11.8 Å². The van der Waals surface area contributed by atoms with E-state index < -0.39 is 6.09 Å². The van der Waals surface area contributed by atoms with Crippen molar-refractivity contribution in [2.75, 3.05) is 6.61 Å². The van der Waals surface area contributed by atoms with Gasteiger partial charge in [0.2, 0.25) is 5.91 Å². The van der Waals surface area contributed by atoms with Gasteiger partial charge in [-0.2, -0.15) is 0 Å². The van der Waals surface area contributed by atoms with Crippen LogP contribution >= 0.6 is 0 Å². The Balaban J connectivity index is 2.14. The van der Waals surface area contributed by atoms with E-state index >= 15 is 0 Å². The molecule has 2 atom stereocenters. The molecule has 1 rings (SSSR count). The number of carbonyl (C=O) groups is 2. The number of ether oxygens (including phenoxy) is 1. The second kappa shape index (κ2) is 12.3. The molecule has 0 radical (unpaired) electrons. The van der Waals surface area contributed by atoms with Crippen molar-refractivity contribution in [1.82, 2.24) is 4.90 Å². The number of imide groups is 1. The first-order valence-electron chi connectivity index (χ1n) is 10.5. The lowest BCUT2D eigenvalue weighted by atomic mass is 9.98. The zero-order valence-electron chi connectivity index (χ0n) is 16.9. The van der Waals surface area contributed by atoms with E-state index in [0.717, 1.165) is 12.8 Å². The van der Waals surface area contributed by atoms with Crippen LogP contribution in [0.25, 0.3) is 0 Å². The minimum atomic E-state index is -0.460. The van der Waals surface area contributed by atoms with Gasteiger partial charge in [0.25, 0.3) is 0 Å². The lowest BCUT2D eigenvalue weighted by Gasteiger charge is -2.25. The van der Waals surface area contributed by atoms with Crippen molar-refractivity contribution in [3.63, 3.8) is 0 Å². The molecular weight excluding hydrogens is 314 g/mol. The molecule has 2 amide bonds. The second-order valence-electron chi connectivity index (χ2n) is 7.97. The molecule has 0 aromatic carbocycles. The third-order valence-corrected chi connectivity index (χ3v) is 5.33.